The van der Waals surface area contributed by atoms with Crippen LogP contribution in [0.5, 0.6) is 0 Å². The molecule has 0 bridgehead atoms. The van der Waals surface area contributed by atoms with E-state index in [1.165, 1.54) is 0 Å². The van der Waals surface area contributed by atoms with Crippen LogP contribution in [0.3, 0.4) is 0 Å². The van der Waals surface area contributed by atoms with Gasteiger partial charge in [0.05, 0.1) is 29.9 Å². The summed E-state index contributed by atoms with van der Waals surface area (Å²) in [5.41, 5.74) is 4.43. The highest BCUT2D eigenvalue weighted by Crippen LogP contribution is 2.37. The van der Waals surface area contributed by atoms with Gasteiger partial charge in [0.15, 0.2) is 5.82 Å². The van der Waals surface area contributed by atoms with Gasteiger partial charge in [-0.1, -0.05) is 12.8 Å². The zero-order chi connectivity index (χ0) is 22.9. The third-order valence-electron chi connectivity index (χ3n) is 5.84. The normalized spacial score (nSPS) is 22.7. The molecule has 11 heteroatoms. The quantitative estimate of drug-likeness (QED) is 0.758. The van der Waals surface area contributed by atoms with E-state index in [9.17, 15) is 13.2 Å². The lowest BCUT2D eigenvalue weighted by Gasteiger charge is -2.37. The van der Waals surface area contributed by atoms with Gasteiger partial charge in [0.1, 0.15) is 5.82 Å². The molecule has 0 aliphatic carbocycles. The SMILES string of the molecule is C[C@@H]1CN(c2nc(-c3cnc(N)cc3C(F)(F)F)nc(N3CCCCCC3)n2)[C@H](C)CO1. The lowest BCUT2D eigenvalue weighted by Crippen LogP contribution is -2.48. The topological polar surface area (TPSA) is 93.3 Å². The van der Waals surface area contributed by atoms with Crippen molar-refractivity contribution in [2.45, 2.75) is 57.9 Å². The molecule has 0 aromatic carbocycles. The Labute approximate surface area is 185 Å². The first-order chi connectivity index (χ1) is 15.2. The second-order valence-electron chi connectivity index (χ2n) is 8.46. The van der Waals surface area contributed by atoms with Gasteiger partial charge in [-0.15, -0.1) is 0 Å². The van der Waals surface area contributed by atoms with Crippen LogP contribution in [0.25, 0.3) is 11.4 Å². The maximum atomic E-state index is 13.8. The fourth-order valence-electron chi connectivity index (χ4n) is 4.08. The lowest BCUT2D eigenvalue weighted by atomic mass is 10.1. The van der Waals surface area contributed by atoms with Crippen molar-refractivity contribution in [2.75, 3.05) is 41.8 Å². The number of aromatic nitrogens is 4. The van der Waals surface area contributed by atoms with Crippen LogP contribution >= 0.6 is 0 Å². The van der Waals surface area contributed by atoms with Crippen molar-refractivity contribution in [1.82, 2.24) is 19.9 Å². The number of rotatable bonds is 3. The van der Waals surface area contributed by atoms with Crippen molar-refractivity contribution in [3.05, 3.63) is 17.8 Å². The minimum absolute atomic E-state index is 0.0231. The smallest absolute Gasteiger partial charge is 0.384 e. The zero-order valence-electron chi connectivity index (χ0n) is 18.3. The molecule has 0 radical (unpaired) electrons. The molecule has 0 unspecified atom stereocenters. The van der Waals surface area contributed by atoms with Crippen LogP contribution in [0.2, 0.25) is 0 Å². The maximum Gasteiger partial charge on any atom is 0.417 e. The fourth-order valence-corrected chi connectivity index (χ4v) is 4.08. The number of halogens is 3. The first kappa shape index (κ1) is 22.5. The number of nitrogens with zero attached hydrogens (tertiary/aromatic N) is 6. The Morgan fingerprint density at radius 1 is 1.03 bits per heavy atom. The van der Waals surface area contributed by atoms with Gasteiger partial charge >= 0.3 is 6.18 Å². The van der Waals surface area contributed by atoms with Gasteiger partial charge in [-0.3, -0.25) is 0 Å². The number of nitrogen functional groups attached to an aromatic ring is 1. The van der Waals surface area contributed by atoms with Crippen LogP contribution in [0.4, 0.5) is 30.9 Å². The van der Waals surface area contributed by atoms with E-state index in [1.807, 2.05) is 23.6 Å². The summed E-state index contributed by atoms with van der Waals surface area (Å²) < 4.78 is 47.1. The second-order valence-corrected chi connectivity index (χ2v) is 8.46. The minimum atomic E-state index is -4.62. The van der Waals surface area contributed by atoms with Gasteiger partial charge in [-0.05, 0) is 32.8 Å². The van der Waals surface area contributed by atoms with E-state index in [0.717, 1.165) is 51.0 Å². The van der Waals surface area contributed by atoms with Crippen molar-refractivity contribution in [1.29, 1.82) is 0 Å². The number of pyridine rings is 1. The van der Waals surface area contributed by atoms with Crippen molar-refractivity contribution in [3.63, 3.8) is 0 Å². The average molecular weight is 451 g/mol. The number of hydrogen-bond donors (Lipinski definition) is 1. The molecule has 2 N–H and O–H groups in total. The number of alkyl halides is 3. The Morgan fingerprint density at radius 3 is 2.41 bits per heavy atom. The molecule has 174 valence electrons. The molecule has 2 aromatic rings. The Balaban J connectivity index is 1.84. The molecular formula is C21H28F3N7O. The molecule has 2 aliphatic heterocycles. The first-order valence-electron chi connectivity index (χ1n) is 10.9. The molecule has 2 saturated heterocycles. The van der Waals surface area contributed by atoms with Crippen LogP contribution in [0.1, 0.15) is 45.1 Å². The second kappa shape index (κ2) is 9.05. The van der Waals surface area contributed by atoms with E-state index < -0.39 is 11.7 Å². The summed E-state index contributed by atoms with van der Waals surface area (Å²) in [6.45, 7) is 6.46. The van der Waals surface area contributed by atoms with Crippen molar-refractivity contribution in [3.8, 4) is 11.4 Å². The third kappa shape index (κ3) is 4.87. The van der Waals surface area contributed by atoms with Gasteiger partial charge < -0.3 is 20.3 Å². The summed E-state index contributed by atoms with van der Waals surface area (Å²) in [6, 6.07) is 0.800. The number of morpholine rings is 1. The summed E-state index contributed by atoms with van der Waals surface area (Å²) in [5.74, 6) is 0.476. The van der Waals surface area contributed by atoms with E-state index in [1.54, 1.807) is 0 Å². The first-order valence-corrected chi connectivity index (χ1v) is 10.9. The van der Waals surface area contributed by atoms with Gasteiger partial charge in [0.25, 0.3) is 0 Å². The summed E-state index contributed by atoms with van der Waals surface area (Å²) in [5, 5.41) is 0. The van der Waals surface area contributed by atoms with E-state index in [-0.39, 0.29) is 29.4 Å². The molecule has 32 heavy (non-hydrogen) atoms. The maximum absolute atomic E-state index is 13.8. The number of nitrogens with two attached hydrogens (primary N) is 1. The highest BCUT2D eigenvalue weighted by atomic mass is 19.4. The summed E-state index contributed by atoms with van der Waals surface area (Å²) >= 11 is 0. The average Bonchev–Trinajstić information content (AvgIpc) is 3.04. The van der Waals surface area contributed by atoms with Gasteiger partial charge in [0.2, 0.25) is 11.9 Å². The molecule has 2 aromatic heterocycles. The van der Waals surface area contributed by atoms with E-state index in [0.29, 0.717) is 25.0 Å². The summed E-state index contributed by atoms with van der Waals surface area (Å²) in [7, 11) is 0. The minimum Gasteiger partial charge on any atom is -0.384 e. The van der Waals surface area contributed by atoms with Crippen LogP contribution in [-0.4, -0.2) is 58.3 Å². The largest absolute Gasteiger partial charge is 0.417 e. The molecule has 0 saturated carbocycles. The van der Waals surface area contributed by atoms with Gasteiger partial charge in [-0.25, -0.2) is 4.98 Å². The third-order valence-corrected chi connectivity index (χ3v) is 5.84. The van der Waals surface area contributed by atoms with Crippen molar-refractivity contribution >= 4 is 17.7 Å². The molecular weight excluding hydrogens is 423 g/mol. The predicted octanol–water partition coefficient (Wildman–Crippen LogP) is 3.53. The molecule has 8 nitrogen and oxygen atoms in total. The number of hydrogen-bond acceptors (Lipinski definition) is 8. The molecule has 2 aliphatic rings. The monoisotopic (exact) mass is 451 g/mol. The molecule has 0 spiro atoms. The molecule has 2 fully saturated rings. The van der Waals surface area contributed by atoms with Crippen molar-refractivity contribution in [2.24, 2.45) is 0 Å². The fraction of sp³-hybridized carbons (Fsp3) is 0.619. The molecule has 4 heterocycles. The highest BCUT2D eigenvalue weighted by Gasteiger charge is 2.36. The summed E-state index contributed by atoms with van der Waals surface area (Å²) in [6.07, 6.45) is 0.616. The van der Waals surface area contributed by atoms with Crippen LogP contribution in [-0.2, 0) is 10.9 Å². The Morgan fingerprint density at radius 2 is 1.72 bits per heavy atom. The van der Waals surface area contributed by atoms with Crippen LogP contribution in [0.15, 0.2) is 12.3 Å². The number of anilines is 3. The lowest BCUT2D eigenvalue weighted by molar-refractivity contribution is -0.137. The van der Waals surface area contributed by atoms with Gasteiger partial charge in [-0.2, -0.15) is 28.1 Å². The standard InChI is InChI=1S/C21H28F3N7O/c1-13-12-32-14(2)11-31(13)20-28-18(15-10-26-17(25)9-16(15)21(22,23)24)27-19(29-20)30-7-5-3-4-6-8-30/h9-10,13-14H,3-8,11-12H2,1-2H3,(H2,25,26)/t13-,14-/m1/s1. The predicted molar refractivity (Wildman–Crippen MR) is 115 cm³/mol. The Bertz CT molecular complexity index is 947. The Kier molecular flexibility index (Phi) is 6.36. The molecule has 2 atom stereocenters. The van der Waals surface area contributed by atoms with Crippen LogP contribution in [0, 0.1) is 0 Å². The van der Waals surface area contributed by atoms with Crippen molar-refractivity contribution < 1.29 is 17.9 Å². The molecule has 4 rings (SSSR count). The van der Waals surface area contributed by atoms with E-state index in [4.69, 9.17) is 10.5 Å². The number of ether oxygens (including phenoxy) is 1. The molecule has 0 amide bonds. The summed E-state index contributed by atoms with van der Waals surface area (Å²) in [4.78, 5) is 21.5. The van der Waals surface area contributed by atoms with E-state index >= 15 is 0 Å². The van der Waals surface area contributed by atoms with E-state index in [2.05, 4.69) is 19.9 Å². The van der Waals surface area contributed by atoms with Crippen LogP contribution < -0.4 is 15.5 Å². The zero-order valence-corrected chi connectivity index (χ0v) is 18.3. The van der Waals surface area contributed by atoms with Gasteiger partial charge in [0, 0.05) is 25.8 Å². The highest BCUT2D eigenvalue weighted by molar-refractivity contribution is 5.64. The Hall–Kier alpha value is -2.69.